The summed E-state index contributed by atoms with van der Waals surface area (Å²) in [6, 6.07) is -0.384. The molecule has 22 heavy (non-hydrogen) atoms. The fourth-order valence-electron chi connectivity index (χ4n) is 4.33. The lowest BCUT2D eigenvalue weighted by molar-refractivity contribution is -0.133. The van der Waals surface area contributed by atoms with Gasteiger partial charge in [-0.3, -0.25) is 4.79 Å². The van der Waals surface area contributed by atoms with Crippen molar-refractivity contribution in [3.05, 3.63) is 0 Å². The van der Waals surface area contributed by atoms with Crippen molar-refractivity contribution in [1.82, 2.24) is 9.80 Å². The van der Waals surface area contributed by atoms with Gasteiger partial charge in [0.25, 0.3) is 0 Å². The predicted octanol–water partition coefficient (Wildman–Crippen LogP) is 2.45. The normalized spacial score (nSPS) is 28.5. The van der Waals surface area contributed by atoms with E-state index in [-0.39, 0.29) is 11.9 Å². The second-order valence-electron chi connectivity index (χ2n) is 7.71. The summed E-state index contributed by atoms with van der Waals surface area (Å²) in [5, 5.41) is 0. The van der Waals surface area contributed by atoms with Gasteiger partial charge in [0.1, 0.15) is 0 Å². The number of urea groups is 1. The molecule has 1 aliphatic carbocycles. The van der Waals surface area contributed by atoms with Crippen LogP contribution < -0.4 is 5.73 Å². The first-order chi connectivity index (χ1) is 10.3. The number of nitrogens with two attached hydrogens (primary N) is 1. The Bertz CT molecular complexity index is 414. The predicted molar refractivity (Wildman–Crippen MR) is 87.3 cm³/mol. The minimum Gasteiger partial charge on any atom is -0.351 e. The van der Waals surface area contributed by atoms with Gasteiger partial charge >= 0.3 is 6.03 Å². The van der Waals surface area contributed by atoms with E-state index in [1.54, 1.807) is 4.90 Å². The molecule has 5 heteroatoms. The van der Waals surface area contributed by atoms with Crippen LogP contribution in [-0.4, -0.2) is 47.9 Å². The molecular weight excluding hydrogens is 278 g/mol. The van der Waals surface area contributed by atoms with Gasteiger partial charge in [0.2, 0.25) is 5.91 Å². The molecule has 0 spiro atoms. The Labute approximate surface area is 134 Å². The van der Waals surface area contributed by atoms with Gasteiger partial charge in [-0.15, -0.1) is 0 Å². The lowest BCUT2D eigenvalue weighted by Crippen LogP contribution is -2.52. The van der Waals surface area contributed by atoms with E-state index in [1.165, 1.54) is 19.3 Å². The number of hydrogen-bond acceptors (Lipinski definition) is 2. The van der Waals surface area contributed by atoms with Gasteiger partial charge in [0.15, 0.2) is 0 Å². The Morgan fingerprint density at radius 2 is 1.73 bits per heavy atom. The summed E-state index contributed by atoms with van der Waals surface area (Å²) in [6.45, 7) is 9.39. The number of piperazine rings is 1. The van der Waals surface area contributed by atoms with Gasteiger partial charge in [-0.1, -0.05) is 33.6 Å². The number of nitrogens with zero attached hydrogens (tertiary/aromatic N) is 2. The molecule has 0 aromatic heterocycles. The fourth-order valence-corrected chi connectivity index (χ4v) is 4.33. The molecule has 2 rings (SSSR count). The number of rotatable bonds is 3. The largest absolute Gasteiger partial charge is 0.351 e. The lowest BCUT2D eigenvalue weighted by atomic mass is 9.62. The van der Waals surface area contributed by atoms with Crippen molar-refractivity contribution in [2.45, 2.75) is 52.9 Å². The van der Waals surface area contributed by atoms with Crippen molar-refractivity contribution in [3.8, 4) is 0 Å². The Kier molecular flexibility index (Phi) is 5.35. The molecule has 0 aromatic carbocycles. The first kappa shape index (κ1) is 17.1. The number of carbonyl (C=O) groups excluding carboxylic acids is 2. The maximum atomic E-state index is 12.4. The summed E-state index contributed by atoms with van der Waals surface area (Å²) < 4.78 is 0. The molecule has 0 unspecified atom stereocenters. The quantitative estimate of drug-likeness (QED) is 0.870. The number of amides is 3. The van der Waals surface area contributed by atoms with E-state index in [9.17, 15) is 9.59 Å². The van der Waals surface area contributed by atoms with Crippen molar-refractivity contribution >= 4 is 11.9 Å². The Balaban J connectivity index is 1.81. The second-order valence-corrected chi connectivity index (χ2v) is 7.71. The number of hydrogen-bond donors (Lipinski definition) is 1. The van der Waals surface area contributed by atoms with Crippen molar-refractivity contribution in [2.75, 3.05) is 26.2 Å². The molecular formula is C17H31N3O2. The van der Waals surface area contributed by atoms with Gasteiger partial charge < -0.3 is 15.5 Å². The van der Waals surface area contributed by atoms with Gasteiger partial charge in [-0.25, -0.2) is 4.79 Å². The average Bonchev–Trinajstić information content (AvgIpc) is 2.46. The lowest BCUT2D eigenvalue weighted by Gasteiger charge is -2.43. The fraction of sp³-hybridized carbons (Fsp3) is 0.882. The highest BCUT2D eigenvalue weighted by Gasteiger charge is 2.37. The summed E-state index contributed by atoms with van der Waals surface area (Å²) in [7, 11) is 0. The van der Waals surface area contributed by atoms with Crippen molar-refractivity contribution in [2.24, 2.45) is 23.0 Å². The summed E-state index contributed by atoms with van der Waals surface area (Å²) in [4.78, 5) is 27.0. The second kappa shape index (κ2) is 6.88. The molecule has 3 amide bonds. The minimum atomic E-state index is -0.384. The van der Waals surface area contributed by atoms with Gasteiger partial charge in [0, 0.05) is 32.6 Å². The van der Waals surface area contributed by atoms with Crippen LogP contribution >= 0.6 is 0 Å². The molecule has 1 aliphatic heterocycles. The maximum Gasteiger partial charge on any atom is 0.314 e. The van der Waals surface area contributed by atoms with Crippen LogP contribution in [0.2, 0.25) is 0 Å². The molecule has 2 fully saturated rings. The smallest absolute Gasteiger partial charge is 0.314 e. The van der Waals surface area contributed by atoms with Crippen LogP contribution in [0.5, 0.6) is 0 Å². The highest BCUT2D eigenvalue weighted by Crippen LogP contribution is 2.46. The van der Waals surface area contributed by atoms with Gasteiger partial charge in [-0.2, -0.15) is 0 Å². The van der Waals surface area contributed by atoms with E-state index < -0.39 is 0 Å². The monoisotopic (exact) mass is 309 g/mol. The summed E-state index contributed by atoms with van der Waals surface area (Å²) >= 11 is 0. The molecule has 2 atom stereocenters. The van der Waals surface area contributed by atoms with E-state index in [4.69, 9.17) is 5.73 Å². The van der Waals surface area contributed by atoms with Crippen LogP contribution in [0.15, 0.2) is 0 Å². The first-order valence-corrected chi connectivity index (χ1v) is 8.63. The zero-order valence-corrected chi connectivity index (χ0v) is 14.3. The Morgan fingerprint density at radius 3 is 2.27 bits per heavy atom. The highest BCUT2D eigenvalue weighted by molar-refractivity contribution is 5.77. The van der Waals surface area contributed by atoms with E-state index >= 15 is 0 Å². The van der Waals surface area contributed by atoms with Crippen LogP contribution in [0.25, 0.3) is 0 Å². The first-order valence-electron chi connectivity index (χ1n) is 8.63. The molecule has 0 radical (unpaired) electrons. The summed E-state index contributed by atoms with van der Waals surface area (Å²) in [5.41, 5.74) is 5.62. The van der Waals surface area contributed by atoms with E-state index in [0.717, 1.165) is 6.42 Å². The topological polar surface area (TPSA) is 66.6 Å². The average molecular weight is 309 g/mol. The minimum absolute atomic E-state index is 0.234. The van der Waals surface area contributed by atoms with Crippen LogP contribution in [0.1, 0.15) is 52.9 Å². The molecule has 1 saturated heterocycles. The molecule has 1 saturated carbocycles. The number of primary amides is 1. The van der Waals surface area contributed by atoms with Crippen LogP contribution in [-0.2, 0) is 4.79 Å². The van der Waals surface area contributed by atoms with Crippen LogP contribution in [0.3, 0.4) is 0 Å². The molecule has 0 bridgehead atoms. The molecule has 0 aromatic rings. The van der Waals surface area contributed by atoms with Crippen LogP contribution in [0, 0.1) is 17.3 Å². The van der Waals surface area contributed by atoms with Crippen LogP contribution in [0.4, 0.5) is 4.79 Å². The third kappa shape index (κ3) is 3.93. The third-order valence-electron chi connectivity index (χ3n) is 5.78. The Morgan fingerprint density at radius 1 is 1.14 bits per heavy atom. The van der Waals surface area contributed by atoms with Crippen molar-refractivity contribution < 1.29 is 9.59 Å². The van der Waals surface area contributed by atoms with E-state index in [2.05, 4.69) is 20.8 Å². The SMILES string of the molecule is C[C@@H]1CCCC(C)(C)[C@H]1CCC(=O)N1CCN(C(N)=O)CC1. The standard InChI is InChI=1S/C17H31N3O2/c1-13-5-4-8-17(2,3)14(13)6-7-15(21)19-9-11-20(12-10-19)16(18)22/h13-14H,4-12H2,1-3H3,(H2,18,22)/t13-,14+/m1/s1. The molecule has 126 valence electrons. The zero-order valence-electron chi connectivity index (χ0n) is 14.3. The molecule has 2 N–H and O–H groups in total. The summed E-state index contributed by atoms with van der Waals surface area (Å²) in [5.74, 6) is 1.58. The number of carbonyl (C=O) groups is 2. The van der Waals surface area contributed by atoms with Crippen molar-refractivity contribution in [1.29, 1.82) is 0 Å². The van der Waals surface area contributed by atoms with Gasteiger partial charge in [-0.05, 0) is 30.1 Å². The van der Waals surface area contributed by atoms with Gasteiger partial charge in [0.05, 0.1) is 0 Å². The summed E-state index contributed by atoms with van der Waals surface area (Å²) in [6.07, 6.45) is 5.50. The zero-order chi connectivity index (χ0) is 16.3. The third-order valence-corrected chi connectivity index (χ3v) is 5.78. The highest BCUT2D eigenvalue weighted by atomic mass is 16.2. The Hall–Kier alpha value is -1.26. The molecule has 5 nitrogen and oxygen atoms in total. The molecule has 1 heterocycles. The van der Waals surface area contributed by atoms with E-state index in [0.29, 0.717) is 49.9 Å². The molecule has 2 aliphatic rings. The van der Waals surface area contributed by atoms with E-state index in [1.807, 2.05) is 4.90 Å². The van der Waals surface area contributed by atoms with Crippen molar-refractivity contribution in [3.63, 3.8) is 0 Å². The maximum absolute atomic E-state index is 12.4.